The van der Waals surface area contributed by atoms with Crippen LogP contribution in [-0.4, -0.2) is 35.1 Å². The number of benzene rings is 1. The zero-order valence-corrected chi connectivity index (χ0v) is 19.6. The van der Waals surface area contributed by atoms with Crippen LogP contribution < -0.4 is 5.32 Å². The van der Waals surface area contributed by atoms with Crippen molar-refractivity contribution in [1.29, 1.82) is 0 Å². The number of esters is 1. The summed E-state index contributed by atoms with van der Waals surface area (Å²) in [4.78, 5) is 28.0. The zero-order valence-electron chi connectivity index (χ0n) is 18.8. The van der Waals surface area contributed by atoms with Crippen molar-refractivity contribution >= 4 is 23.3 Å². The fourth-order valence-corrected chi connectivity index (χ4v) is 6.35. The number of amides is 2. The Morgan fingerprint density at radius 3 is 2.68 bits per heavy atom. The van der Waals surface area contributed by atoms with Gasteiger partial charge in [-0.2, -0.15) is 0 Å². The van der Waals surface area contributed by atoms with Crippen molar-refractivity contribution in [3.8, 4) is 5.00 Å². The SMILES string of the molecule is COC(=O)CCNC(=O)N1Cc2c(sc3c2CCCC3)-n2cccc2C1c1cc(F)cc(F)c1. The highest BCUT2D eigenvalue weighted by Gasteiger charge is 2.36. The van der Waals surface area contributed by atoms with Gasteiger partial charge in [0, 0.05) is 29.2 Å². The van der Waals surface area contributed by atoms with E-state index in [2.05, 4.69) is 10.1 Å². The van der Waals surface area contributed by atoms with Gasteiger partial charge in [0.2, 0.25) is 0 Å². The van der Waals surface area contributed by atoms with E-state index in [1.54, 1.807) is 16.2 Å². The number of halogens is 2. The van der Waals surface area contributed by atoms with Crippen molar-refractivity contribution in [2.45, 2.75) is 44.7 Å². The Morgan fingerprint density at radius 2 is 1.91 bits per heavy atom. The van der Waals surface area contributed by atoms with Gasteiger partial charge >= 0.3 is 12.0 Å². The average molecular weight is 486 g/mol. The number of nitrogens with zero attached hydrogens (tertiary/aromatic N) is 2. The molecule has 5 rings (SSSR count). The van der Waals surface area contributed by atoms with E-state index in [1.165, 1.54) is 29.7 Å². The molecule has 0 saturated carbocycles. The number of methoxy groups -OCH3 is 1. The van der Waals surface area contributed by atoms with E-state index in [9.17, 15) is 18.4 Å². The number of carbonyl (C=O) groups excluding carboxylic acids is 2. The van der Waals surface area contributed by atoms with Crippen LogP contribution in [0.2, 0.25) is 0 Å². The van der Waals surface area contributed by atoms with Gasteiger partial charge in [-0.25, -0.2) is 13.6 Å². The summed E-state index contributed by atoms with van der Waals surface area (Å²) < 4.78 is 35.2. The number of thiophene rings is 1. The number of carbonyl (C=O) groups is 2. The first-order valence-electron chi connectivity index (χ1n) is 11.3. The molecule has 1 unspecified atom stereocenters. The molecule has 0 spiro atoms. The molecular formula is C25H25F2N3O3S. The molecule has 9 heteroatoms. The summed E-state index contributed by atoms with van der Waals surface area (Å²) >= 11 is 1.74. The van der Waals surface area contributed by atoms with Crippen LogP contribution in [-0.2, 0) is 28.9 Å². The third-order valence-corrected chi connectivity index (χ3v) is 7.81. The van der Waals surface area contributed by atoms with Crippen LogP contribution in [0, 0.1) is 11.6 Å². The Labute approximate surface area is 200 Å². The van der Waals surface area contributed by atoms with E-state index >= 15 is 0 Å². The molecule has 1 aromatic carbocycles. The predicted octanol–water partition coefficient (Wildman–Crippen LogP) is 4.87. The van der Waals surface area contributed by atoms with Gasteiger partial charge in [-0.15, -0.1) is 11.3 Å². The molecule has 2 aromatic heterocycles. The van der Waals surface area contributed by atoms with E-state index in [0.29, 0.717) is 12.1 Å². The van der Waals surface area contributed by atoms with Crippen molar-refractivity contribution in [3.05, 3.63) is 75.4 Å². The largest absolute Gasteiger partial charge is 0.469 e. The molecule has 1 aliphatic heterocycles. The van der Waals surface area contributed by atoms with E-state index in [1.807, 2.05) is 22.9 Å². The molecule has 2 aliphatic rings. The number of hydrogen-bond acceptors (Lipinski definition) is 4. The minimum absolute atomic E-state index is 0.0326. The summed E-state index contributed by atoms with van der Waals surface area (Å²) in [6, 6.07) is 6.03. The Bertz CT molecular complexity index is 1230. The molecule has 1 aliphatic carbocycles. The highest BCUT2D eigenvalue weighted by molar-refractivity contribution is 7.15. The van der Waals surface area contributed by atoms with Crippen LogP contribution in [0.5, 0.6) is 0 Å². The molecule has 6 nitrogen and oxygen atoms in total. The number of nitrogens with one attached hydrogen (secondary N) is 1. The number of hydrogen-bond donors (Lipinski definition) is 1. The lowest BCUT2D eigenvalue weighted by Crippen LogP contribution is -2.42. The maximum atomic E-state index is 14.3. The van der Waals surface area contributed by atoms with Crippen LogP contribution >= 0.6 is 11.3 Å². The maximum absolute atomic E-state index is 14.3. The summed E-state index contributed by atoms with van der Waals surface area (Å²) in [6.07, 6.45) is 6.19. The number of ether oxygens (including phenoxy) is 1. The van der Waals surface area contributed by atoms with Crippen LogP contribution in [0.25, 0.3) is 5.00 Å². The lowest BCUT2D eigenvalue weighted by Gasteiger charge is -2.31. The van der Waals surface area contributed by atoms with Gasteiger partial charge in [0.15, 0.2) is 0 Å². The summed E-state index contributed by atoms with van der Waals surface area (Å²) in [6.45, 7) is 0.400. The number of urea groups is 1. The summed E-state index contributed by atoms with van der Waals surface area (Å²) in [7, 11) is 1.29. The molecule has 34 heavy (non-hydrogen) atoms. The lowest BCUT2D eigenvalue weighted by molar-refractivity contribution is -0.140. The fraction of sp³-hybridized carbons (Fsp3) is 0.360. The second-order valence-electron chi connectivity index (χ2n) is 8.59. The van der Waals surface area contributed by atoms with E-state index < -0.39 is 29.7 Å². The van der Waals surface area contributed by atoms with Crippen LogP contribution in [0.1, 0.15) is 52.6 Å². The lowest BCUT2D eigenvalue weighted by atomic mass is 9.95. The first kappa shape index (κ1) is 22.6. The predicted molar refractivity (Wildman–Crippen MR) is 124 cm³/mol. The van der Waals surface area contributed by atoms with Crippen molar-refractivity contribution in [2.24, 2.45) is 0 Å². The minimum atomic E-state index is -0.711. The normalized spacial score (nSPS) is 16.8. The monoisotopic (exact) mass is 485 g/mol. The van der Waals surface area contributed by atoms with Crippen LogP contribution in [0.15, 0.2) is 36.5 Å². The van der Waals surface area contributed by atoms with Gasteiger partial charge in [0.05, 0.1) is 25.8 Å². The van der Waals surface area contributed by atoms with Gasteiger partial charge in [-0.3, -0.25) is 4.79 Å². The smallest absolute Gasteiger partial charge is 0.318 e. The molecule has 0 bridgehead atoms. The first-order chi connectivity index (χ1) is 16.5. The molecule has 0 fully saturated rings. The highest BCUT2D eigenvalue weighted by Crippen LogP contribution is 2.44. The minimum Gasteiger partial charge on any atom is -0.469 e. The molecule has 178 valence electrons. The number of aromatic nitrogens is 1. The molecule has 3 heterocycles. The molecule has 1 atom stereocenters. The van der Waals surface area contributed by atoms with Crippen LogP contribution in [0.3, 0.4) is 0 Å². The summed E-state index contributed by atoms with van der Waals surface area (Å²) in [5.74, 6) is -1.82. The maximum Gasteiger partial charge on any atom is 0.318 e. The van der Waals surface area contributed by atoms with Gasteiger partial charge in [0.1, 0.15) is 22.7 Å². The summed E-state index contributed by atoms with van der Waals surface area (Å²) in [5, 5.41) is 3.85. The van der Waals surface area contributed by atoms with Gasteiger partial charge in [-0.1, -0.05) is 0 Å². The fourth-order valence-electron chi connectivity index (χ4n) is 4.95. The van der Waals surface area contributed by atoms with E-state index in [0.717, 1.165) is 48.0 Å². The zero-order chi connectivity index (χ0) is 23.8. The molecule has 0 radical (unpaired) electrons. The van der Waals surface area contributed by atoms with Crippen molar-refractivity contribution < 1.29 is 23.1 Å². The molecule has 2 amide bonds. The number of aryl methyl sites for hydroxylation is 1. The Morgan fingerprint density at radius 1 is 1.15 bits per heavy atom. The second-order valence-corrected chi connectivity index (χ2v) is 9.67. The first-order valence-corrected chi connectivity index (χ1v) is 12.2. The third-order valence-electron chi connectivity index (χ3n) is 6.47. The number of rotatable bonds is 4. The van der Waals surface area contributed by atoms with Gasteiger partial charge in [0.25, 0.3) is 0 Å². The van der Waals surface area contributed by atoms with E-state index in [4.69, 9.17) is 0 Å². The average Bonchev–Trinajstić information content (AvgIpc) is 3.40. The van der Waals surface area contributed by atoms with Crippen LogP contribution in [0.4, 0.5) is 13.6 Å². The molecule has 3 aromatic rings. The second kappa shape index (κ2) is 9.21. The highest BCUT2D eigenvalue weighted by atomic mass is 32.1. The Hall–Kier alpha value is -3.20. The standard InChI is InChI=1S/C25H25F2N3O3S/c1-33-22(31)8-9-28-25(32)30-14-19-18-5-2-3-7-21(18)34-24(19)29-10-4-6-20(29)23(30)15-11-16(26)13-17(27)12-15/h4,6,10-13,23H,2-3,5,7-9,14H2,1H3,(H,28,32). The van der Waals surface area contributed by atoms with Gasteiger partial charge < -0.3 is 19.5 Å². The summed E-state index contributed by atoms with van der Waals surface area (Å²) in [5.41, 5.74) is 3.47. The molecular weight excluding hydrogens is 460 g/mol. The van der Waals surface area contributed by atoms with Crippen molar-refractivity contribution in [2.75, 3.05) is 13.7 Å². The Kier molecular flexibility index (Phi) is 6.12. The Balaban J connectivity index is 1.61. The molecule has 1 N–H and O–H groups in total. The molecule has 0 saturated heterocycles. The van der Waals surface area contributed by atoms with Crippen molar-refractivity contribution in [3.63, 3.8) is 0 Å². The quantitative estimate of drug-likeness (QED) is 0.536. The van der Waals surface area contributed by atoms with Gasteiger partial charge in [-0.05, 0) is 61.1 Å². The number of fused-ring (bicyclic) bond motifs is 5. The third kappa shape index (κ3) is 4.09. The topological polar surface area (TPSA) is 63.6 Å². The van der Waals surface area contributed by atoms with E-state index in [-0.39, 0.29) is 13.0 Å². The van der Waals surface area contributed by atoms with Crippen molar-refractivity contribution in [1.82, 2.24) is 14.8 Å².